The molecule has 0 radical (unpaired) electrons. The Hall–Kier alpha value is -5.80. The number of carbonyl (C=O) groups excluding carboxylic acids is 3. The standard InChI is InChI=1S/C27H34N2O7.C16H14O4/c1-26(2,3)36-25(34)29-27(4,5)22(24(33)35-6)28-23(32)18-13-11-17(12-14-18)9-7-8-10-19-15-21(31)20(19)16-30;17-10-14-13(9-15(14)18)4-2-1-3-11-5-7-12(8-6-11)16(19)20/h11-14,19-22,30-31H,15-16H2,1-6H3,(H,28,32)(H,29,34);5-8,13-15,17-18H,9-10H2,(H,19,20)/t19?,20-,21?,22-;13?,14-,15?/m11/s1. The first-order chi connectivity index (χ1) is 26.4. The Morgan fingerprint density at radius 3 is 1.57 bits per heavy atom. The van der Waals surface area contributed by atoms with Crippen LogP contribution in [0.2, 0.25) is 0 Å². The Morgan fingerprint density at radius 1 is 0.750 bits per heavy atom. The van der Waals surface area contributed by atoms with Gasteiger partial charge in [-0.3, -0.25) is 4.79 Å². The normalized spacial score (nSPS) is 21.1. The predicted molar refractivity (Wildman–Crippen MR) is 205 cm³/mol. The van der Waals surface area contributed by atoms with Crippen LogP contribution in [-0.4, -0.2) is 99.2 Å². The van der Waals surface area contributed by atoms with Crippen molar-refractivity contribution < 1.29 is 54.2 Å². The van der Waals surface area contributed by atoms with Crippen molar-refractivity contribution in [2.24, 2.45) is 23.7 Å². The van der Waals surface area contributed by atoms with Gasteiger partial charge in [-0.2, -0.15) is 0 Å². The predicted octanol–water partition coefficient (Wildman–Crippen LogP) is 2.33. The third-order valence-corrected chi connectivity index (χ3v) is 9.02. The SMILES string of the molecule is COC(=O)[C@@H](NC(=O)c1ccc(C#CC#CC2CC(O)[C@@H]2CO)cc1)C(C)(C)NC(=O)OC(C)(C)C.O=C(O)c1ccc(C#CC#CC2CC(O)[C@@H]2CO)cc1. The van der Waals surface area contributed by atoms with Crippen LogP contribution >= 0.6 is 0 Å². The lowest BCUT2D eigenvalue weighted by Gasteiger charge is -2.37. The van der Waals surface area contributed by atoms with Crippen molar-refractivity contribution in [2.75, 3.05) is 20.3 Å². The molecule has 4 rings (SSSR count). The number of esters is 1. The smallest absolute Gasteiger partial charge is 0.408 e. The van der Waals surface area contributed by atoms with Crippen LogP contribution in [0, 0.1) is 71.0 Å². The molecule has 13 heteroatoms. The second-order valence-corrected chi connectivity index (χ2v) is 14.8. The first-order valence-electron chi connectivity index (χ1n) is 17.8. The molecule has 2 aromatic rings. The molecule has 0 bridgehead atoms. The van der Waals surface area contributed by atoms with E-state index in [1.807, 2.05) is 0 Å². The Kier molecular flexibility index (Phi) is 16.1. The maximum absolute atomic E-state index is 12.8. The maximum atomic E-state index is 12.8. The van der Waals surface area contributed by atoms with Crippen LogP contribution in [0.3, 0.4) is 0 Å². The van der Waals surface area contributed by atoms with Gasteiger partial charge in [0, 0.05) is 53.6 Å². The van der Waals surface area contributed by atoms with E-state index in [4.69, 9.17) is 19.7 Å². The topological polar surface area (TPSA) is 212 Å². The number of rotatable bonds is 8. The summed E-state index contributed by atoms with van der Waals surface area (Å²) in [5.41, 5.74) is -0.136. The molecule has 13 nitrogen and oxygen atoms in total. The summed E-state index contributed by atoms with van der Waals surface area (Å²) < 4.78 is 10.1. The van der Waals surface area contributed by atoms with Crippen molar-refractivity contribution in [1.82, 2.24) is 10.6 Å². The number of carbonyl (C=O) groups is 4. The zero-order chi connectivity index (χ0) is 41.6. The molecule has 2 aromatic carbocycles. The summed E-state index contributed by atoms with van der Waals surface area (Å²) >= 11 is 0. The minimum absolute atomic E-state index is 0.00122. The maximum Gasteiger partial charge on any atom is 0.408 e. The molecule has 0 heterocycles. The average Bonchev–Trinajstić information content (AvgIpc) is 3.12. The van der Waals surface area contributed by atoms with Crippen molar-refractivity contribution in [1.29, 1.82) is 0 Å². The molecule has 0 aliphatic heterocycles. The molecule has 2 fully saturated rings. The minimum atomic E-state index is -1.22. The lowest BCUT2D eigenvalue weighted by atomic mass is 9.72. The molecule has 56 heavy (non-hydrogen) atoms. The molecular weight excluding hydrogens is 720 g/mol. The Balaban J connectivity index is 0.000000353. The number of hydrogen-bond donors (Lipinski definition) is 7. The summed E-state index contributed by atoms with van der Waals surface area (Å²) in [4.78, 5) is 48.2. The fourth-order valence-electron chi connectivity index (χ4n) is 5.56. The minimum Gasteiger partial charge on any atom is -0.478 e. The van der Waals surface area contributed by atoms with Crippen LogP contribution in [0.1, 0.15) is 79.3 Å². The fourth-order valence-corrected chi connectivity index (χ4v) is 5.56. The molecule has 0 aromatic heterocycles. The number of nitrogens with one attached hydrogen (secondary N) is 2. The number of hydrogen-bond acceptors (Lipinski definition) is 10. The van der Waals surface area contributed by atoms with Gasteiger partial charge in [0.1, 0.15) is 11.6 Å². The van der Waals surface area contributed by atoms with Gasteiger partial charge in [-0.1, -0.05) is 23.7 Å². The van der Waals surface area contributed by atoms with Crippen LogP contribution in [0.5, 0.6) is 0 Å². The molecule has 0 saturated heterocycles. The van der Waals surface area contributed by atoms with E-state index in [9.17, 15) is 34.5 Å². The highest BCUT2D eigenvalue weighted by Gasteiger charge is 2.40. The van der Waals surface area contributed by atoms with Gasteiger partial charge in [0.25, 0.3) is 5.91 Å². The number of amides is 2. The molecule has 0 spiro atoms. The van der Waals surface area contributed by atoms with Gasteiger partial charge in [-0.05, 0) is 120 Å². The van der Waals surface area contributed by atoms with Gasteiger partial charge in [-0.15, -0.1) is 0 Å². The molecule has 296 valence electrons. The number of aliphatic hydroxyl groups is 4. The molecule has 7 N–H and O–H groups in total. The van der Waals surface area contributed by atoms with Crippen molar-refractivity contribution in [2.45, 2.75) is 76.9 Å². The summed E-state index contributed by atoms with van der Waals surface area (Å²) in [6.07, 6.45) is -0.607. The first kappa shape index (κ1) is 44.6. The van der Waals surface area contributed by atoms with Crippen molar-refractivity contribution in [3.8, 4) is 47.4 Å². The van der Waals surface area contributed by atoms with Gasteiger partial charge >= 0.3 is 18.0 Å². The summed E-state index contributed by atoms with van der Waals surface area (Å²) in [5, 5.41) is 51.1. The molecule has 2 aliphatic carbocycles. The van der Waals surface area contributed by atoms with Gasteiger partial charge in [0.2, 0.25) is 0 Å². The lowest BCUT2D eigenvalue weighted by Crippen LogP contribution is -2.62. The lowest BCUT2D eigenvalue weighted by molar-refractivity contribution is -0.144. The monoisotopic (exact) mass is 768 g/mol. The Morgan fingerprint density at radius 2 is 1.20 bits per heavy atom. The second kappa shape index (κ2) is 20.2. The summed E-state index contributed by atoms with van der Waals surface area (Å²) in [5.74, 6) is 19.7. The fraction of sp³-hybridized carbons (Fsp3) is 0.442. The molecule has 2 amide bonds. The van der Waals surface area contributed by atoms with Crippen LogP contribution in [0.4, 0.5) is 4.79 Å². The van der Waals surface area contributed by atoms with E-state index >= 15 is 0 Å². The number of alkyl carbamates (subject to hydrolysis) is 1. The van der Waals surface area contributed by atoms with E-state index in [-0.39, 0.29) is 48.0 Å². The molecular formula is C43H48N2O11. The van der Waals surface area contributed by atoms with Crippen LogP contribution in [0.15, 0.2) is 48.5 Å². The highest BCUT2D eigenvalue weighted by atomic mass is 16.6. The van der Waals surface area contributed by atoms with Crippen LogP contribution in [0.25, 0.3) is 0 Å². The number of aliphatic hydroxyl groups excluding tert-OH is 4. The van der Waals surface area contributed by atoms with Gasteiger partial charge < -0.3 is 45.6 Å². The third kappa shape index (κ3) is 13.2. The van der Waals surface area contributed by atoms with E-state index in [2.05, 4.69) is 58.0 Å². The number of carboxylic acid groups (broad SMARTS) is 1. The first-order valence-corrected chi connectivity index (χ1v) is 17.8. The zero-order valence-electron chi connectivity index (χ0n) is 32.2. The van der Waals surface area contributed by atoms with E-state index in [0.29, 0.717) is 24.0 Å². The summed E-state index contributed by atoms with van der Waals surface area (Å²) in [6, 6.07) is 11.4. The van der Waals surface area contributed by atoms with Crippen LogP contribution < -0.4 is 10.6 Å². The van der Waals surface area contributed by atoms with Crippen LogP contribution in [-0.2, 0) is 14.3 Å². The average molecular weight is 769 g/mol. The molecule has 4 unspecified atom stereocenters. The van der Waals surface area contributed by atoms with Gasteiger partial charge in [0.05, 0.1) is 30.4 Å². The second-order valence-electron chi connectivity index (χ2n) is 14.8. The largest absolute Gasteiger partial charge is 0.478 e. The Bertz CT molecular complexity index is 1970. The van der Waals surface area contributed by atoms with Crippen molar-refractivity contribution in [3.63, 3.8) is 0 Å². The van der Waals surface area contributed by atoms with E-state index < -0.39 is 53.3 Å². The molecule has 2 saturated carbocycles. The number of benzene rings is 2. The summed E-state index contributed by atoms with van der Waals surface area (Å²) in [6.45, 7) is 8.12. The highest BCUT2D eigenvalue weighted by molar-refractivity contribution is 5.97. The van der Waals surface area contributed by atoms with E-state index in [1.165, 1.54) is 19.2 Å². The van der Waals surface area contributed by atoms with Gasteiger partial charge in [0.15, 0.2) is 0 Å². The zero-order valence-corrected chi connectivity index (χ0v) is 32.2. The van der Waals surface area contributed by atoms with Gasteiger partial charge in [-0.25, -0.2) is 14.4 Å². The number of aromatic carboxylic acids is 1. The quantitative estimate of drug-likeness (QED) is 0.153. The van der Waals surface area contributed by atoms with E-state index in [1.54, 1.807) is 71.0 Å². The third-order valence-electron chi connectivity index (χ3n) is 9.02. The van der Waals surface area contributed by atoms with E-state index in [0.717, 1.165) is 0 Å². The highest BCUT2D eigenvalue weighted by Crippen LogP contribution is 2.34. The molecule has 7 atom stereocenters. The van der Waals surface area contributed by atoms with Crippen molar-refractivity contribution >= 4 is 23.9 Å². The number of ether oxygens (including phenoxy) is 2. The molecule has 2 aliphatic rings. The summed E-state index contributed by atoms with van der Waals surface area (Å²) in [7, 11) is 1.19. The number of carboxylic acids is 1. The van der Waals surface area contributed by atoms with Crippen molar-refractivity contribution in [3.05, 3.63) is 70.8 Å². The number of methoxy groups -OCH3 is 1. The Labute approximate surface area is 327 Å².